The normalized spacial score (nSPS) is 23.4. The fourth-order valence-corrected chi connectivity index (χ4v) is 4.89. The standard InChI is InChI=1S/C20H18Cl2N4O3/c21-12-6-13(22)8-14(7-12)25-17(27)11-26-18(28)15(9-23)20(4-2-1-3-5-20)16(10-24)19(26)29/h6-8,15-16H,1-5,11H2,(H,25,27). The molecule has 1 aromatic carbocycles. The van der Waals surface area contributed by atoms with E-state index in [9.17, 15) is 24.9 Å². The molecular weight excluding hydrogens is 415 g/mol. The predicted molar refractivity (Wildman–Crippen MR) is 106 cm³/mol. The fraction of sp³-hybridized carbons (Fsp3) is 0.450. The van der Waals surface area contributed by atoms with Crippen molar-refractivity contribution in [3.05, 3.63) is 28.2 Å². The summed E-state index contributed by atoms with van der Waals surface area (Å²) in [5, 5.41) is 22.5. The third-order valence-electron chi connectivity index (χ3n) is 5.67. The van der Waals surface area contributed by atoms with Crippen molar-refractivity contribution in [2.75, 3.05) is 11.9 Å². The lowest BCUT2D eigenvalue weighted by Crippen LogP contribution is -2.61. The van der Waals surface area contributed by atoms with Crippen LogP contribution in [0.25, 0.3) is 0 Å². The number of piperidine rings is 1. The summed E-state index contributed by atoms with van der Waals surface area (Å²) in [6.45, 7) is -0.589. The van der Waals surface area contributed by atoms with Crippen LogP contribution < -0.4 is 5.32 Å². The smallest absolute Gasteiger partial charge is 0.247 e. The molecule has 1 aromatic rings. The SMILES string of the molecule is N#CC1C(=O)N(CC(=O)Nc2cc(Cl)cc(Cl)c2)C(=O)C(C#N)C12CCCCC2. The number of nitrogens with zero attached hydrogens (tertiary/aromatic N) is 3. The highest BCUT2D eigenvalue weighted by Gasteiger charge is 2.59. The molecule has 7 nitrogen and oxygen atoms in total. The van der Waals surface area contributed by atoms with E-state index in [1.807, 2.05) is 12.1 Å². The van der Waals surface area contributed by atoms with Crippen LogP contribution in [0.4, 0.5) is 5.69 Å². The fourth-order valence-electron chi connectivity index (χ4n) is 4.36. The van der Waals surface area contributed by atoms with Crippen LogP contribution in [0.1, 0.15) is 32.1 Å². The average molecular weight is 433 g/mol. The Kier molecular flexibility index (Phi) is 6.12. The molecule has 1 heterocycles. The highest BCUT2D eigenvalue weighted by molar-refractivity contribution is 6.35. The van der Waals surface area contributed by atoms with Crippen LogP contribution in [0.3, 0.4) is 0 Å². The first-order valence-corrected chi connectivity index (χ1v) is 9.98. The second-order valence-corrected chi connectivity index (χ2v) is 8.26. The summed E-state index contributed by atoms with van der Waals surface area (Å²) in [5.74, 6) is -4.34. The Morgan fingerprint density at radius 2 is 1.55 bits per heavy atom. The van der Waals surface area contributed by atoms with Crippen LogP contribution in [0, 0.1) is 39.9 Å². The van der Waals surface area contributed by atoms with Crippen LogP contribution in [-0.4, -0.2) is 29.2 Å². The summed E-state index contributed by atoms with van der Waals surface area (Å²) in [6, 6.07) is 8.45. The van der Waals surface area contributed by atoms with E-state index in [2.05, 4.69) is 5.32 Å². The van der Waals surface area contributed by atoms with Gasteiger partial charge in [0.05, 0.1) is 12.1 Å². The number of carbonyl (C=O) groups excluding carboxylic acids is 3. The zero-order chi connectivity index (χ0) is 21.2. The number of hydrogen-bond acceptors (Lipinski definition) is 5. The maximum atomic E-state index is 12.9. The van der Waals surface area contributed by atoms with Gasteiger partial charge in [0, 0.05) is 21.1 Å². The Morgan fingerprint density at radius 3 is 2.03 bits per heavy atom. The number of nitrogens with one attached hydrogen (secondary N) is 1. The van der Waals surface area contributed by atoms with Gasteiger partial charge in [-0.1, -0.05) is 42.5 Å². The van der Waals surface area contributed by atoms with Crippen LogP contribution in [-0.2, 0) is 14.4 Å². The average Bonchev–Trinajstić information content (AvgIpc) is 2.66. The van der Waals surface area contributed by atoms with Crippen molar-refractivity contribution in [1.82, 2.24) is 4.90 Å². The first-order chi connectivity index (χ1) is 13.8. The molecule has 1 saturated heterocycles. The number of likely N-dealkylation sites (tertiary alicyclic amines) is 1. The number of hydrogen-bond donors (Lipinski definition) is 1. The van der Waals surface area contributed by atoms with Gasteiger partial charge in [0.1, 0.15) is 18.4 Å². The van der Waals surface area contributed by atoms with Crippen LogP contribution in [0.15, 0.2) is 18.2 Å². The van der Waals surface area contributed by atoms with Gasteiger partial charge in [0.2, 0.25) is 17.7 Å². The maximum Gasteiger partial charge on any atom is 0.247 e. The molecule has 3 amide bonds. The molecule has 2 unspecified atom stereocenters. The Bertz CT molecular complexity index is 888. The second kappa shape index (κ2) is 8.41. The molecular formula is C20H18Cl2N4O3. The summed E-state index contributed by atoms with van der Waals surface area (Å²) >= 11 is 11.8. The van der Waals surface area contributed by atoms with E-state index in [1.54, 1.807) is 0 Å². The molecule has 9 heteroatoms. The van der Waals surface area contributed by atoms with E-state index >= 15 is 0 Å². The van der Waals surface area contributed by atoms with Crippen molar-refractivity contribution in [2.24, 2.45) is 17.3 Å². The van der Waals surface area contributed by atoms with Crippen molar-refractivity contribution in [1.29, 1.82) is 10.5 Å². The minimum atomic E-state index is -1.13. The Balaban J connectivity index is 1.83. The minimum absolute atomic E-state index is 0.307. The lowest BCUT2D eigenvalue weighted by molar-refractivity contribution is -0.164. The Hall–Kier alpha value is -2.61. The topological polar surface area (TPSA) is 114 Å². The van der Waals surface area contributed by atoms with E-state index in [1.165, 1.54) is 18.2 Å². The number of imide groups is 1. The Morgan fingerprint density at radius 1 is 1.03 bits per heavy atom. The predicted octanol–water partition coefficient (Wildman–Crippen LogP) is 3.53. The first kappa shape index (κ1) is 21.1. The van der Waals surface area contributed by atoms with Crippen LogP contribution >= 0.6 is 23.2 Å². The zero-order valence-electron chi connectivity index (χ0n) is 15.5. The molecule has 0 bridgehead atoms. The molecule has 1 N–H and O–H groups in total. The quantitative estimate of drug-likeness (QED) is 0.733. The third kappa shape index (κ3) is 3.94. The molecule has 2 fully saturated rings. The van der Waals surface area contributed by atoms with Crippen molar-refractivity contribution < 1.29 is 14.4 Å². The summed E-state index contributed by atoms with van der Waals surface area (Å²) < 4.78 is 0. The number of halogens is 2. The minimum Gasteiger partial charge on any atom is -0.324 e. The van der Waals surface area contributed by atoms with Gasteiger partial charge in [-0.25, -0.2) is 0 Å². The van der Waals surface area contributed by atoms with E-state index in [4.69, 9.17) is 23.2 Å². The highest BCUT2D eigenvalue weighted by Crippen LogP contribution is 2.51. The second-order valence-electron chi connectivity index (χ2n) is 7.39. The number of carbonyl (C=O) groups is 3. The van der Waals surface area contributed by atoms with Gasteiger partial charge in [-0.3, -0.25) is 19.3 Å². The largest absolute Gasteiger partial charge is 0.324 e. The maximum absolute atomic E-state index is 12.9. The molecule has 29 heavy (non-hydrogen) atoms. The van der Waals surface area contributed by atoms with Gasteiger partial charge in [-0.15, -0.1) is 0 Å². The molecule has 2 atom stereocenters. The van der Waals surface area contributed by atoms with Crippen molar-refractivity contribution in [3.8, 4) is 12.1 Å². The molecule has 1 aliphatic heterocycles. The van der Waals surface area contributed by atoms with Gasteiger partial charge < -0.3 is 5.32 Å². The number of nitriles is 2. The monoisotopic (exact) mass is 432 g/mol. The summed E-state index contributed by atoms with van der Waals surface area (Å²) in [5.41, 5.74) is -0.662. The number of rotatable bonds is 3. The number of benzene rings is 1. The third-order valence-corrected chi connectivity index (χ3v) is 6.10. The number of anilines is 1. The Labute approximate surface area is 178 Å². The van der Waals surface area contributed by atoms with Gasteiger partial charge in [-0.05, 0) is 31.0 Å². The lowest BCUT2D eigenvalue weighted by atomic mass is 9.57. The first-order valence-electron chi connectivity index (χ1n) is 9.23. The highest BCUT2D eigenvalue weighted by atomic mass is 35.5. The molecule has 1 spiro atoms. The van der Waals surface area contributed by atoms with Crippen LogP contribution in [0.2, 0.25) is 10.0 Å². The number of amides is 3. The molecule has 0 radical (unpaired) electrons. The summed E-state index contributed by atoms with van der Waals surface area (Å²) in [4.78, 5) is 39.1. The van der Waals surface area contributed by atoms with Gasteiger partial charge in [0.15, 0.2) is 0 Å². The molecule has 0 aromatic heterocycles. The van der Waals surface area contributed by atoms with Crippen molar-refractivity contribution in [3.63, 3.8) is 0 Å². The van der Waals surface area contributed by atoms with Crippen LogP contribution in [0.5, 0.6) is 0 Å². The lowest BCUT2D eigenvalue weighted by Gasteiger charge is -2.47. The summed E-state index contributed by atoms with van der Waals surface area (Å²) in [7, 11) is 0. The molecule has 3 rings (SSSR count). The van der Waals surface area contributed by atoms with Gasteiger partial charge >= 0.3 is 0 Å². The van der Waals surface area contributed by atoms with E-state index in [0.29, 0.717) is 28.6 Å². The van der Waals surface area contributed by atoms with Crippen molar-refractivity contribution in [2.45, 2.75) is 32.1 Å². The van der Waals surface area contributed by atoms with E-state index in [-0.39, 0.29) is 0 Å². The van der Waals surface area contributed by atoms with E-state index < -0.39 is 41.5 Å². The summed E-state index contributed by atoms with van der Waals surface area (Å²) in [6.07, 6.45) is 3.40. The van der Waals surface area contributed by atoms with E-state index in [0.717, 1.165) is 24.2 Å². The molecule has 150 valence electrons. The van der Waals surface area contributed by atoms with Gasteiger partial charge in [0.25, 0.3) is 0 Å². The van der Waals surface area contributed by atoms with Crippen molar-refractivity contribution >= 4 is 46.6 Å². The van der Waals surface area contributed by atoms with Gasteiger partial charge in [-0.2, -0.15) is 10.5 Å². The molecule has 1 saturated carbocycles. The molecule has 1 aliphatic carbocycles. The zero-order valence-corrected chi connectivity index (χ0v) is 17.0. The molecule has 2 aliphatic rings.